The predicted molar refractivity (Wildman–Crippen MR) is 76.8 cm³/mol. The number of aromatic hydroxyl groups is 1. The van der Waals surface area contributed by atoms with E-state index in [9.17, 15) is 13.5 Å². The SMILES string of the molecule is Cc1cc(OS(=O)(=O)CCI)c(O)cc1SOOO. The highest BCUT2D eigenvalue weighted by atomic mass is 127. The molecule has 7 nitrogen and oxygen atoms in total. The maximum Gasteiger partial charge on any atom is 0.310 e. The van der Waals surface area contributed by atoms with Gasteiger partial charge in [0.25, 0.3) is 0 Å². The number of phenols is 1. The molecular formula is C9H11IO7S2. The lowest BCUT2D eigenvalue weighted by molar-refractivity contribution is -0.432. The Hall–Kier alpha value is -0.270. The maximum atomic E-state index is 11.5. The Morgan fingerprint density at radius 2 is 2.11 bits per heavy atom. The van der Waals surface area contributed by atoms with Crippen LogP contribution in [0.1, 0.15) is 5.56 Å². The number of rotatable bonds is 7. The van der Waals surface area contributed by atoms with Gasteiger partial charge in [0, 0.05) is 15.4 Å². The van der Waals surface area contributed by atoms with Crippen LogP contribution in [-0.4, -0.2) is 29.0 Å². The van der Waals surface area contributed by atoms with Gasteiger partial charge in [-0.3, -0.25) is 0 Å². The summed E-state index contributed by atoms with van der Waals surface area (Å²) < 4.78 is 32.4. The molecule has 10 heteroatoms. The van der Waals surface area contributed by atoms with E-state index in [0.717, 1.165) is 0 Å². The van der Waals surface area contributed by atoms with Crippen LogP contribution in [0, 0.1) is 6.92 Å². The van der Waals surface area contributed by atoms with Gasteiger partial charge in [0.2, 0.25) is 0 Å². The summed E-state index contributed by atoms with van der Waals surface area (Å²) >= 11 is 2.57. The van der Waals surface area contributed by atoms with E-state index in [1.54, 1.807) is 6.92 Å². The predicted octanol–water partition coefficient (Wildman–Crippen LogP) is 2.27. The van der Waals surface area contributed by atoms with Crippen LogP contribution in [0.2, 0.25) is 0 Å². The van der Waals surface area contributed by atoms with Crippen molar-refractivity contribution in [2.24, 2.45) is 0 Å². The second-order valence-electron chi connectivity index (χ2n) is 3.35. The van der Waals surface area contributed by atoms with Gasteiger partial charge in [0.05, 0.1) is 17.8 Å². The van der Waals surface area contributed by atoms with E-state index in [4.69, 9.17) is 9.44 Å². The Kier molecular flexibility index (Phi) is 6.62. The molecule has 19 heavy (non-hydrogen) atoms. The van der Waals surface area contributed by atoms with Gasteiger partial charge in [-0.25, -0.2) is 5.26 Å². The Balaban J connectivity index is 2.96. The lowest BCUT2D eigenvalue weighted by atomic mass is 10.2. The summed E-state index contributed by atoms with van der Waals surface area (Å²) in [4.78, 5) is 0.435. The molecule has 0 aliphatic carbocycles. The van der Waals surface area contributed by atoms with Gasteiger partial charge in [0.1, 0.15) is 0 Å². The molecule has 0 saturated heterocycles. The first-order chi connectivity index (χ1) is 8.89. The lowest BCUT2D eigenvalue weighted by Gasteiger charge is -2.10. The van der Waals surface area contributed by atoms with E-state index >= 15 is 0 Å². The standard InChI is InChI=1S/C9H11IO7S2/c1-6-4-8(15-19(13,14)3-2-10)7(11)5-9(6)18-17-16-12/h4-5,11-12H,2-3H2,1H3. The fourth-order valence-electron chi connectivity index (χ4n) is 1.13. The van der Waals surface area contributed by atoms with Crippen molar-refractivity contribution >= 4 is 44.8 Å². The van der Waals surface area contributed by atoms with Crippen LogP contribution in [0.3, 0.4) is 0 Å². The summed E-state index contributed by atoms with van der Waals surface area (Å²) in [5, 5.41) is 21.2. The maximum absolute atomic E-state index is 11.5. The van der Waals surface area contributed by atoms with Crippen LogP contribution in [0.15, 0.2) is 17.0 Å². The smallest absolute Gasteiger partial charge is 0.310 e. The first kappa shape index (κ1) is 16.8. The zero-order valence-electron chi connectivity index (χ0n) is 9.70. The molecule has 0 heterocycles. The minimum absolute atomic E-state index is 0.149. The van der Waals surface area contributed by atoms with Crippen molar-refractivity contribution in [3.05, 3.63) is 17.7 Å². The molecule has 108 valence electrons. The Morgan fingerprint density at radius 3 is 2.68 bits per heavy atom. The monoisotopic (exact) mass is 422 g/mol. The fraction of sp³-hybridized carbons (Fsp3) is 0.333. The van der Waals surface area contributed by atoms with Gasteiger partial charge in [0.15, 0.2) is 11.5 Å². The highest BCUT2D eigenvalue weighted by Gasteiger charge is 2.16. The molecule has 2 N–H and O–H groups in total. The van der Waals surface area contributed by atoms with Crippen LogP contribution in [0.25, 0.3) is 0 Å². The van der Waals surface area contributed by atoms with Crippen molar-refractivity contribution in [1.29, 1.82) is 0 Å². The van der Waals surface area contributed by atoms with Gasteiger partial charge in [-0.15, -0.1) is 4.33 Å². The number of aryl methyl sites for hydroxylation is 1. The van der Waals surface area contributed by atoms with E-state index < -0.39 is 10.1 Å². The van der Waals surface area contributed by atoms with E-state index in [1.165, 1.54) is 12.1 Å². The molecule has 0 atom stereocenters. The first-order valence-corrected chi connectivity index (χ1v) is 8.70. The number of phenolic OH excluding ortho intramolecular Hbond substituents is 1. The molecule has 0 aromatic heterocycles. The quantitative estimate of drug-likeness (QED) is 0.172. The Bertz CT molecular complexity index is 532. The summed E-state index contributed by atoms with van der Waals surface area (Å²) in [6.07, 6.45) is 0. The van der Waals surface area contributed by atoms with Crippen LogP contribution >= 0.6 is 34.6 Å². The van der Waals surface area contributed by atoms with E-state index in [1.807, 2.05) is 22.6 Å². The van der Waals surface area contributed by atoms with Gasteiger partial charge >= 0.3 is 10.1 Å². The summed E-state index contributed by atoms with van der Waals surface area (Å²) in [5.41, 5.74) is 0.583. The molecule has 0 amide bonds. The molecular weight excluding hydrogens is 411 g/mol. The van der Waals surface area contributed by atoms with Crippen molar-refractivity contribution in [3.63, 3.8) is 0 Å². The highest BCUT2D eigenvalue weighted by Crippen LogP contribution is 2.35. The average molecular weight is 422 g/mol. The van der Waals surface area contributed by atoms with E-state index in [-0.39, 0.29) is 17.3 Å². The molecule has 0 spiro atoms. The molecule has 0 fully saturated rings. The van der Waals surface area contributed by atoms with Crippen molar-refractivity contribution in [1.82, 2.24) is 0 Å². The second-order valence-corrected chi connectivity index (χ2v) is 6.86. The Labute approximate surface area is 128 Å². The third-order valence-corrected chi connectivity index (χ3v) is 5.11. The minimum atomic E-state index is -3.72. The molecule has 1 aromatic carbocycles. The fourth-order valence-corrected chi connectivity index (χ4v) is 3.88. The summed E-state index contributed by atoms with van der Waals surface area (Å²) in [6, 6.07) is 2.59. The van der Waals surface area contributed by atoms with Crippen LogP contribution in [0.4, 0.5) is 0 Å². The van der Waals surface area contributed by atoms with Crippen molar-refractivity contribution in [2.45, 2.75) is 11.8 Å². The van der Waals surface area contributed by atoms with E-state index in [0.29, 0.717) is 26.9 Å². The largest absolute Gasteiger partial charge is 0.504 e. The first-order valence-electron chi connectivity index (χ1n) is 4.86. The van der Waals surface area contributed by atoms with Crippen LogP contribution < -0.4 is 4.18 Å². The average Bonchev–Trinajstić information content (AvgIpc) is 2.31. The van der Waals surface area contributed by atoms with Gasteiger partial charge in [-0.2, -0.15) is 8.42 Å². The lowest BCUT2D eigenvalue weighted by Crippen LogP contribution is -2.14. The number of alkyl halides is 1. The molecule has 1 rings (SSSR count). The highest BCUT2D eigenvalue weighted by molar-refractivity contribution is 14.1. The van der Waals surface area contributed by atoms with E-state index in [2.05, 4.69) is 9.37 Å². The van der Waals surface area contributed by atoms with Gasteiger partial charge in [-0.1, -0.05) is 27.6 Å². The molecule has 1 aromatic rings. The summed E-state index contributed by atoms with van der Waals surface area (Å²) in [7, 11) is -3.72. The normalized spacial score (nSPS) is 11.5. The number of hydrogen-bond donors (Lipinski definition) is 2. The third-order valence-electron chi connectivity index (χ3n) is 1.95. The number of halogens is 1. The van der Waals surface area contributed by atoms with Gasteiger partial charge in [-0.05, 0) is 18.6 Å². The zero-order chi connectivity index (χ0) is 14.5. The van der Waals surface area contributed by atoms with Crippen LogP contribution in [-0.2, 0) is 19.5 Å². The van der Waals surface area contributed by atoms with Crippen molar-refractivity contribution < 1.29 is 32.3 Å². The second kappa shape index (κ2) is 7.50. The summed E-state index contributed by atoms with van der Waals surface area (Å²) in [6.45, 7) is 1.65. The Morgan fingerprint density at radius 1 is 1.42 bits per heavy atom. The number of benzene rings is 1. The number of hydrogen-bond acceptors (Lipinski definition) is 8. The van der Waals surface area contributed by atoms with Gasteiger partial charge < -0.3 is 9.29 Å². The zero-order valence-corrected chi connectivity index (χ0v) is 13.5. The molecule has 0 unspecified atom stereocenters. The minimum Gasteiger partial charge on any atom is -0.504 e. The summed E-state index contributed by atoms with van der Waals surface area (Å²) in [5.74, 6) is -0.660. The third kappa shape index (κ3) is 5.31. The van der Waals surface area contributed by atoms with Crippen molar-refractivity contribution in [2.75, 3.05) is 10.2 Å². The van der Waals surface area contributed by atoms with Crippen LogP contribution in [0.5, 0.6) is 11.5 Å². The topological polar surface area (TPSA) is 102 Å². The molecule has 0 saturated carbocycles. The van der Waals surface area contributed by atoms with Crippen molar-refractivity contribution in [3.8, 4) is 11.5 Å². The molecule has 0 radical (unpaired) electrons. The molecule has 0 bridgehead atoms. The molecule has 0 aliphatic heterocycles. The molecule has 0 aliphatic rings.